The molecule has 0 saturated carbocycles. The van der Waals surface area contributed by atoms with E-state index in [1.807, 2.05) is 16.8 Å². The van der Waals surface area contributed by atoms with Crippen LogP contribution in [-0.4, -0.2) is 55.0 Å². The standard InChI is InChI=1S/C28H41N5O6Si/c1-28(2,3)39-27(36)32-21-10-8-9-11-24(34)30-22-16-19(29-26(35)37-4)12-13-20(22)23-17-33(25(21)31-23)18-38-14-15-40(5,6)7/h8-9,12-13,16-17,21H,10-11,14-15,18H2,1-7H3,(H,29,35)(H,30,34)(H,32,36)/t21-/m0/s1. The SMILES string of the molecule is COC(=O)Nc1ccc2c(c1)NC(=O)CC=CC[C@H](NC(=O)OC(C)(C)C)c1nc-2cn1COCC[Si](C)(C)C. The van der Waals surface area contributed by atoms with Crippen molar-refractivity contribution < 1.29 is 28.6 Å². The number of nitrogens with zero attached hydrogens (tertiary/aromatic N) is 2. The average molecular weight is 572 g/mol. The van der Waals surface area contributed by atoms with Crippen LogP contribution in [0.15, 0.2) is 36.5 Å². The summed E-state index contributed by atoms with van der Waals surface area (Å²) >= 11 is 0. The van der Waals surface area contributed by atoms with Crippen LogP contribution in [0.4, 0.5) is 21.0 Å². The molecule has 40 heavy (non-hydrogen) atoms. The van der Waals surface area contributed by atoms with E-state index >= 15 is 0 Å². The van der Waals surface area contributed by atoms with Gasteiger partial charge in [-0.15, -0.1) is 0 Å². The number of imidazole rings is 1. The van der Waals surface area contributed by atoms with Gasteiger partial charge >= 0.3 is 12.2 Å². The van der Waals surface area contributed by atoms with E-state index in [1.54, 1.807) is 45.0 Å². The highest BCUT2D eigenvalue weighted by Crippen LogP contribution is 2.33. The Hall–Kier alpha value is -3.64. The van der Waals surface area contributed by atoms with Gasteiger partial charge in [-0.3, -0.25) is 10.1 Å². The quantitative estimate of drug-likeness (QED) is 0.214. The largest absolute Gasteiger partial charge is 0.453 e. The molecule has 0 radical (unpaired) electrons. The van der Waals surface area contributed by atoms with Gasteiger partial charge in [0.1, 0.15) is 18.2 Å². The Balaban J connectivity index is 2.04. The van der Waals surface area contributed by atoms with Crippen LogP contribution in [0.5, 0.6) is 0 Å². The second kappa shape index (κ2) is 13.1. The molecule has 2 bridgehead atoms. The number of benzene rings is 1. The van der Waals surface area contributed by atoms with E-state index in [0.29, 0.717) is 41.5 Å². The van der Waals surface area contributed by atoms with Gasteiger partial charge < -0.3 is 29.4 Å². The molecule has 2 heterocycles. The van der Waals surface area contributed by atoms with Crippen molar-refractivity contribution in [1.29, 1.82) is 0 Å². The molecule has 3 amide bonds. The van der Waals surface area contributed by atoms with Gasteiger partial charge in [0, 0.05) is 38.5 Å². The molecule has 0 fully saturated rings. The normalized spacial score (nSPS) is 15.7. The Morgan fingerprint density at radius 1 is 1.18 bits per heavy atom. The summed E-state index contributed by atoms with van der Waals surface area (Å²) in [5, 5.41) is 8.48. The van der Waals surface area contributed by atoms with E-state index in [9.17, 15) is 14.4 Å². The molecule has 0 aliphatic carbocycles. The molecule has 1 aliphatic heterocycles. The number of carbonyl (C=O) groups is 3. The number of aromatic nitrogens is 2. The minimum atomic E-state index is -1.28. The number of carbonyl (C=O) groups excluding carboxylic acids is 3. The van der Waals surface area contributed by atoms with Gasteiger partial charge in [0.25, 0.3) is 0 Å². The fourth-order valence-corrected chi connectivity index (χ4v) is 4.66. The molecule has 218 valence electrons. The molecule has 2 aromatic rings. The summed E-state index contributed by atoms with van der Waals surface area (Å²) in [7, 11) is -0.00755. The lowest BCUT2D eigenvalue weighted by atomic mass is 10.1. The first-order chi connectivity index (χ1) is 18.7. The molecule has 0 spiro atoms. The lowest BCUT2D eigenvalue weighted by molar-refractivity contribution is -0.115. The van der Waals surface area contributed by atoms with E-state index < -0.39 is 31.9 Å². The van der Waals surface area contributed by atoms with Gasteiger partial charge in [-0.25, -0.2) is 14.6 Å². The number of hydrogen-bond donors (Lipinski definition) is 3. The van der Waals surface area contributed by atoms with E-state index in [-0.39, 0.29) is 19.1 Å². The number of alkyl carbamates (subject to hydrolysis) is 1. The van der Waals surface area contributed by atoms with E-state index in [4.69, 9.17) is 19.2 Å². The van der Waals surface area contributed by atoms with Crippen molar-refractivity contribution in [3.63, 3.8) is 0 Å². The maximum atomic E-state index is 12.8. The number of ether oxygens (including phenoxy) is 3. The number of fused-ring (bicyclic) bond motifs is 4. The highest BCUT2D eigenvalue weighted by Gasteiger charge is 2.26. The number of amides is 3. The molecule has 11 nitrogen and oxygen atoms in total. The fourth-order valence-electron chi connectivity index (χ4n) is 3.90. The first kappa shape index (κ1) is 30.9. The molecule has 3 rings (SSSR count). The second-order valence-electron chi connectivity index (χ2n) is 11.8. The Bertz CT molecular complexity index is 1240. The summed E-state index contributed by atoms with van der Waals surface area (Å²) in [6.45, 7) is 13.1. The van der Waals surface area contributed by atoms with E-state index in [2.05, 4.69) is 35.6 Å². The molecule has 1 aromatic carbocycles. The molecule has 1 aliphatic rings. The van der Waals surface area contributed by atoms with Crippen LogP contribution < -0.4 is 16.0 Å². The molecular formula is C28H41N5O6Si. The van der Waals surface area contributed by atoms with Crippen molar-refractivity contribution in [2.75, 3.05) is 24.4 Å². The highest BCUT2D eigenvalue weighted by molar-refractivity contribution is 6.76. The maximum absolute atomic E-state index is 12.8. The average Bonchev–Trinajstić information content (AvgIpc) is 3.25. The third-order valence-electron chi connectivity index (χ3n) is 5.88. The van der Waals surface area contributed by atoms with Crippen molar-refractivity contribution in [1.82, 2.24) is 14.9 Å². The zero-order valence-corrected chi connectivity index (χ0v) is 25.4. The lowest BCUT2D eigenvalue weighted by Gasteiger charge is -2.23. The molecule has 0 unspecified atom stereocenters. The lowest BCUT2D eigenvalue weighted by Crippen LogP contribution is -2.36. The van der Waals surface area contributed by atoms with Gasteiger partial charge in [-0.05, 0) is 51.4 Å². The number of methoxy groups -OCH3 is 1. The first-order valence-electron chi connectivity index (χ1n) is 13.3. The maximum Gasteiger partial charge on any atom is 0.411 e. The highest BCUT2D eigenvalue weighted by atomic mass is 28.3. The first-order valence-corrected chi connectivity index (χ1v) is 17.0. The van der Waals surface area contributed by atoms with Crippen molar-refractivity contribution >= 4 is 37.5 Å². The van der Waals surface area contributed by atoms with Crippen LogP contribution in [0.1, 0.15) is 45.5 Å². The monoisotopic (exact) mass is 571 g/mol. The summed E-state index contributed by atoms with van der Waals surface area (Å²) in [6.07, 6.45) is 4.76. The third kappa shape index (κ3) is 9.52. The Kier molecular flexibility index (Phi) is 10.1. The van der Waals surface area contributed by atoms with Crippen molar-refractivity contribution in [3.05, 3.63) is 42.4 Å². The van der Waals surface area contributed by atoms with E-state index in [0.717, 1.165) is 6.04 Å². The summed E-state index contributed by atoms with van der Waals surface area (Å²) < 4.78 is 18.1. The Morgan fingerprint density at radius 3 is 2.60 bits per heavy atom. The minimum absolute atomic E-state index is 0.127. The van der Waals surface area contributed by atoms with Gasteiger partial charge in [0.05, 0.1) is 24.5 Å². The predicted molar refractivity (Wildman–Crippen MR) is 157 cm³/mol. The Morgan fingerprint density at radius 2 is 1.93 bits per heavy atom. The summed E-state index contributed by atoms with van der Waals surface area (Å²) in [5.74, 6) is 0.354. The summed E-state index contributed by atoms with van der Waals surface area (Å²) in [5.41, 5.74) is 1.47. The zero-order valence-electron chi connectivity index (χ0n) is 24.4. The summed E-state index contributed by atoms with van der Waals surface area (Å²) in [6, 6.07) is 5.59. The van der Waals surface area contributed by atoms with Crippen molar-refractivity contribution in [2.45, 2.75) is 77.7 Å². The van der Waals surface area contributed by atoms with Crippen molar-refractivity contribution in [2.24, 2.45) is 0 Å². The second-order valence-corrected chi connectivity index (χ2v) is 17.5. The van der Waals surface area contributed by atoms with Gasteiger partial charge in [-0.1, -0.05) is 31.8 Å². The number of anilines is 2. The van der Waals surface area contributed by atoms with Gasteiger partial charge in [0.15, 0.2) is 0 Å². The van der Waals surface area contributed by atoms with E-state index in [1.165, 1.54) is 7.11 Å². The Labute approximate surface area is 236 Å². The number of rotatable bonds is 7. The molecule has 1 aromatic heterocycles. The van der Waals surface area contributed by atoms with Crippen LogP contribution in [0, 0.1) is 0 Å². The zero-order chi connectivity index (χ0) is 29.5. The number of hydrogen-bond acceptors (Lipinski definition) is 7. The van der Waals surface area contributed by atoms with Crippen LogP contribution >= 0.6 is 0 Å². The number of nitrogens with one attached hydrogen (secondary N) is 3. The molecule has 0 saturated heterocycles. The van der Waals surface area contributed by atoms with Crippen LogP contribution in [-0.2, 0) is 25.7 Å². The molecule has 3 N–H and O–H groups in total. The molecule has 1 atom stereocenters. The smallest absolute Gasteiger partial charge is 0.411 e. The van der Waals surface area contributed by atoms with Crippen molar-refractivity contribution in [3.8, 4) is 11.3 Å². The van der Waals surface area contributed by atoms with Gasteiger partial charge in [0.2, 0.25) is 5.91 Å². The minimum Gasteiger partial charge on any atom is -0.453 e. The predicted octanol–water partition coefficient (Wildman–Crippen LogP) is 5.90. The van der Waals surface area contributed by atoms with Crippen LogP contribution in [0.3, 0.4) is 0 Å². The topological polar surface area (TPSA) is 133 Å². The fraction of sp³-hybridized carbons (Fsp3) is 0.500. The van der Waals surface area contributed by atoms with Crippen LogP contribution in [0.2, 0.25) is 25.7 Å². The third-order valence-corrected chi connectivity index (χ3v) is 7.58. The van der Waals surface area contributed by atoms with Crippen LogP contribution in [0.25, 0.3) is 11.3 Å². The molecular weight excluding hydrogens is 530 g/mol. The summed E-state index contributed by atoms with van der Waals surface area (Å²) in [4.78, 5) is 42.2. The van der Waals surface area contributed by atoms with Gasteiger partial charge in [-0.2, -0.15) is 0 Å². The molecule has 12 heteroatoms.